The van der Waals surface area contributed by atoms with Gasteiger partial charge in [-0.15, -0.1) is 0 Å². The van der Waals surface area contributed by atoms with Gasteiger partial charge >= 0.3 is 5.97 Å². The summed E-state index contributed by atoms with van der Waals surface area (Å²) in [5, 5.41) is 9.35. The molecule has 144 valence electrons. The molecule has 0 bridgehead atoms. The first kappa shape index (κ1) is 19.4. The molecular formula is C23H29NO3. The van der Waals surface area contributed by atoms with Crippen molar-refractivity contribution in [2.75, 3.05) is 13.2 Å². The monoisotopic (exact) mass is 367 g/mol. The number of para-hydroxylation sites is 1. The number of rotatable bonds is 9. The van der Waals surface area contributed by atoms with Crippen LogP contribution in [0, 0.1) is 0 Å². The third-order valence-electron chi connectivity index (χ3n) is 5.44. The number of ether oxygens (including phenoxy) is 1. The Hall–Kier alpha value is -2.33. The van der Waals surface area contributed by atoms with E-state index in [0.717, 1.165) is 44.4 Å². The minimum atomic E-state index is -0.702. The number of hydrogen-bond donors (Lipinski definition) is 1. The Bertz CT molecular complexity index is 731. The Morgan fingerprint density at radius 3 is 2.67 bits per heavy atom. The van der Waals surface area contributed by atoms with Crippen molar-refractivity contribution >= 4 is 5.97 Å². The quantitative estimate of drug-likeness (QED) is 0.722. The first-order chi connectivity index (χ1) is 13.1. The lowest BCUT2D eigenvalue weighted by atomic mass is 10.0. The van der Waals surface area contributed by atoms with E-state index in [9.17, 15) is 9.90 Å². The number of likely N-dealkylation sites (tertiary alicyclic amines) is 1. The van der Waals surface area contributed by atoms with Crippen molar-refractivity contribution in [3.05, 3.63) is 65.7 Å². The number of carboxylic acid groups (broad SMARTS) is 1. The SMILES string of the molecule is CC(CCOc1ccccc1CCc1ccccc1)N1CCCC1C(=O)O. The number of benzene rings is 2. The highest BCUT2D eigenvalue weighted by atomic mass is 16.5. The summed E-state index contributed by atoms with van der Waals surface area (Å²) in [4.78, 5) is 13.5. The van der Waals surface area contributed by atoms with Crippen LogP contribution in [0.25, 0.3) is 0 Å². The second kappa shape index (κ2) is 9.56. The van der Waals surface area contributed by atoms with E-state index < -0.39 is 5.97 Å². The van der Waals surface area contributed by atoms with Gasteiger partial charge in [0.1, 0.15) is 11.8 Å². The molecule has 0 saturated carbocycles. The van der Waals surface area contributed by atoms with E-state index in [0.29, 0.717) is 6.61 Å². The average molecular weight is 367 g/mol. The van der Waals surface area contributed by atoms with Crippen LogP contribution in [0.5, 0.6) is 5.75 Å². The van der Waals surface area contributed by atoms with Crippen LogP contribution in [-0.2, 0) is 17.6 Å². The van der Waals surface area contributed by atoms with Gasteiger partial charge in [-0.2, -0.15) is 0 Å². The van der Waals surface area contributed by atoms with Crippen molar-refractivity contribution in [2.24, 2.45) is 0 Å². The molecule has 1 fully saturated rings. The van der Waals surface area contributed by atoms with Gasteiger partial charge < -0.3 is 9.84 Å². The minimum Gasteiger partial charge on any atom is -0.493 e. The van der Waals surface area contributed by atoms with Crippen molar-refractivity contribution in [1.29, 1.82) is 0 Å². The molecule has 0 radical (unpaired) electrons. The summed E-state index contributed by atoms with van der Waals surface area (Å²) in [5.74, 6) is 0.239. The lowest BCUT2D eigenvalue weighted by molar-refractivity contribution is -0.142. The lowest BCUT2D eigenvalue weighted by Crippen LogP contribution is -2.42. The number of aryl methyl sites for hydroxylation is 2. The van der Waals surface area contributed by atoms with E-state index in [4.69, 9.17) is 4.74 Å². The molecule has 3 rings (SSSR count). The largest absolute Gasteiger partial charge is 0.493 e. The average Bonchev–Trinajstić information content (AvgIpc) is 3.18. The van der Waals surface area contributed by atoms with Gasteiger partial charge in [-0.3, -0.25) is 9.69 Å². The van der Waals surface area contributed by atoms with Gasteiger partial charge in [0, 0.05) is 6.04 Å². The molecule has 0 aromatic heterocycles. The zero-order valence-corrected chi connectivity index (χ0v) is 16.0. The van der Waals surface area contributed by atoms with E-state index in [2.05, 4.69) is 48.2 Å². The molecule has 2 atom stereocenters. The molecule has 1 aliphatic heterocycles. The molecule has 4 nitrogen and oxygen atoms in total. The van der Waals surface area contributed by atoms with Crippen LogP contribution < -0.4 is 4.74 Å². The molecule has 1 N–H and O–H groups in total. The Morgan fingerprint density at radius 1 is 1.15 bits per heavy atom. The van der Waals surface area contributed by atoms with E-state index >= 15 is 0 Å². The number of aliphatic carboxylic acids is 1. The third kappa shape index (κ3) is 5.33. The van der Waals surface area contributed by atoms with Crippen molar-refractivity contribution in [3.8, 4) is 5.75 Å². The molecule has 0 aliphatic carbocycles. The molecule has 0 spiro atoms. The number of hydrogen-bond acceptors (Lipinski definition) is 3. The van der Waals surface area contributed by atoms with E-state index in [1.165, 1.54) is 11.1 Å². The van der Waals surface area contributed by atoms with E-state index in [1.54, 1.807) is 0 Å². The summed E-state index contributed by atoms with van der Waals surface area (Å²) in [5.41, 5.74) is 2.55. The van der Waals surface area contributed by atoms with Crippen LogP contribution in [0.15, 0.2) is 54.6 Å². The summed E-state index contributed by atoms with van der Waals surface area (Å²) < 4.78 is 6.08. The molecular weight excluding hydrogens is 338 g/mol. The van der Waals surface area contributed by atoms with Gasteiger partial charge in [-0.05, 0) is 62.8 Å². The standard InChI is InChI=1S/C23H29NO3/c1-18(24-16-7-11-21(24)23(25)26)15-17-27-22-12-6-5-10-20(22)14-13-19-8-3-2-4-9-19/h2-6,8-10,12,18,21H,7,11,13-17H2,1H3,(H,25,26). The number of carbonyl (C=O) groups is 1. The maximum Gasteiger partial charge on any atom is 0.320 e. The predicted molar refractivity (Wildman–Crippen MR) is 107 cm³/mol. The van der Waals surface area contributed by atoms with Gasteiger partial charge in [0.25, 0.3) is 0 Å². The van der Waals surface area contributed by atoms with Gasteiger partial charge in [-0.1, -0.05) is 48.5 Å². The molecule has 1 aliphatic rings. The van der Waals surface area contributed by atoms with Crippen LogP contribution in [0.4, 0.5) is 0 Å². The molecule has 4 heteroatoms. The molecule has 2 aromatic rings. The maximum absolute atomic E-state index is 11.4. The van der Waals surface area contributed by atoms with Crippen LogP contribution >= 0.6 is 0 Å². The zero-order valence-electron chi connectivity index (χ0n) is 16.0. The first-order valence-corrected chi connectivity index (χ1v) is 9.88. The fourth-order valence-electron chi connectivity index (χ4n) is 3.86. The van der Waals surface area contributed by atoms with Gasteiger partial charge in [0.2, 0.25) is 0 Å². The molecule has 27 heavy (non-hydrogen) atoms. The lowest BCUT2D eigenvalue weighted by Gasteiger charge is -2.28. The minimum absolute atomic E-state index is 0.213. The summed E-state index contributed by atoms with van der Waals surface area (Å²) in [6.07, 6.45) is 4.48. The van der Waals surface area contributed by atoms with Gasteiger partial charge in [0.15, 0.2) is 0 Å². The van der Waals surface area contributed by atoms with E-state index in [-0.39, 0.29) is 12.1 Å². The van der Waals surface area contributed by atoms with Crippen molar-refractivity contribution in [1.82, 2.24) is 4.90 Å². The van der Waals surface area contributed by atoms with Crippen molar-refractivity contribution < 1.29 is 14.6 Å². The highest BCUT2D eigenvalue weighted by Crippen LogP contribution is 2.23. The summed E-state index contributed by atoms with van der Waals surface area (Å²) in [7, 11) is 0. The van der Waals surface area contributed by atoms with Crippen LogP contribution in [0.2, 0.25) is 0 Å². The second-order valence-corrected chi connectivity index (χ2v) is 7.31. The van der Waals surface area contributed by atoms with Gasteiger partial charge in [0.05, 0.1) is 6.61 Å². The molecule has 0 amide bonds. The Balaban J connectivity index is 1.51. The normalized spacial score (nSPS) is 18.3. The second-order valence-electron chi connectivity index (χ2n) is 7.31. The summed E-state index contributed by atoms with van der Waals surface area (Å²) in [6.45, 7) is 3.57. The molecule has 1 heterocycles. The van der Waals surface area contributed by atoms with Crippen LogP contribution in [-0.4, -0.2) is 41.2 Å². The van der Waals surface area contributed by atoms with Crippen molar-refractivity contribution in [2.45, 2.75) is 51.1 Å². The first-order valence-electron chi connectivity index (χ1n) is 9.88. The van der Waals surface area contributed by atoms with E-state index in [1.807, 2.05) is 18.2 Å². The predicted octanol–water partition coefficient (Wildman–Crippen LogP) is 4.18. The molecule has 1 saturated heterocycles. The van der Waals surface area contributed by atoms with Crippen molar-refractivity contribution in [3.63, 3.8) is 0 Å². The highest BCUT2D eigenvalue weighted by molar-refractivity contribution is 5.73. The Kier molecular flexibility index (Phi) is 6.88. The number of nitrogens with zero attached hydrogens (tertiary/aromatic N) is 1. The Labute approximate surface area is 161 Å². The number of carboxylic acids is 1. The Morgan fingerprint density at radius 2 is 1.89 bits per heavy atom. The molecule has 2 aromatic carbocycles. The smallest absolute Gasteiger partial charge is 0.320 e. The fraction of sp³-hybridized carbons (Fsp3) is 0.435. The van der Waals surface area contributed by atoms with Crippen LogP contribution in [0.3, 0.4) is 0 Å². The third-order valence-corrected chi connectivity index (χ3v) is 5.44. The topological polar surface area (TPSA) is 49.8 Å². The van der Waals surface area contributed by atoms with Gasteiger partial charge in [-0.25, -0.2) is 0 Å². The summed E-state index contributed by atoms with van der Waals surface area (Å²) in [6, 6.07) is 18.6. The zero-order chi connectivity index (χ0) is 19.1. The fourth-order valence-corrected chi connectivity index (χ4v) is 3.86. The highest BCUT2D eigenvalue weighted by Gasteiger charge is 2.33. The molecule has 2 unspecified atom stereocenters. The van der Waals surface area contributed by atoms with Crippen LogP contribution in [0.1, 0.15) is 37.3 Å². The summed E-state index contributed by atoms with van der Waals surface area (Å²) >= 11 is 0. The maximum atomic E-state index is 11.4.